The van der Waals surface area contributed by atoms with Crippen molar-refractivity contribution in [2.75, 3.05) is 39.1 Å². The number of sulfone groups is 1. The van der Waals surface area contributed by atoms with E-state index >= 15 is 0 Å². The summed E-state index contributed by atoms with van der Waals surface area (Å²) in [6.07, 6.45) is 8.53. The van der Waals surface area contributed by atoms with Gasteiger partial charge in [-0.15, -0.1) is 0 Å². The molecule has 1 saturated heterocycles. The Bertz CT molecular complexity index is 1830. The van der Waals surface area contributed by atoms with E-state index in [1.807, 2.05) is 35.4 Å². The maximum Gasteiger partial charge on any atom is 0.153 e. The van der Waals surface area contributed by atoms with Gasteiger partial charge in [0.25, 0.3) is 0 Å². The number of nitrogens with zero attached hydrogens (tertiary/aromatic N) is 6. The summed E-state index contributed by atoms with van der Waals surface area (Å²) in [5, 5.41) is 9.05. The topological polar surface area (TPSA) is 94.6 Å². The molecule has 0 N–H and O–H groups in total. The molecule has 5 heterocycles. The van der Waals surface area contributed by atoms with Crippen molar-refractivity contribution in [3.63, 3.8) is 0 Å². The molecule has 12 heteroatoms. The lowest BCUT2D eigenvalue weighted by Gasteiger charge is -2.26. The van der Waals surface area contributed by atoms with Gasteiger partial charge in [0.15, 0.2) is 9.84 Å². The molecule has 1 aliphatic rings. The molecule has 4 aromatic heterocycles. The fourth-order valence-electron chi connectivity index (χ4n) is 5.00. The average Bonchev–Trinajstić information content (AvgIpc) is 3.58. The molecular weight excluding hydrogens is 550 g/mol. The quantitative estimate of drug-likeness (QED) is 0.274. The van der Waals surface area contributed by atoms with E-state index in [0.29, 0.717) is 5.56 Å². The molecule has 1 fully saturated rings. The minimum atomic E-state index is -3.42. The van der Waals surface area contributed by atoms with Crippen LogP contribution >= 0.6 is 0 Å². The van der Waals surface area contributed by atoms with Crippen molar-refractivity contribution in [3.05, 3.63) is 84.6 Å². The van der Waals surface area contributed by atoms with Gasteiger partial charge in [0.1, 0.15) is 11.6 Å². The second-order valence-corrected chi connectivity index (χ2v) is 12.3. The van der Waals surface area contributed by atoms with Crippen molar-refractivity contribution < 1.29 is 21.9 Å². The van der Waals surface area contributed by atoms with Crippen LogP contribution in [-0.2, 0) is 26.9 Å². The Balaban J connectivity index is 1.31. The third-order valence-electron chi connectivity index (χ3n) is 7.04. The third kappa shape index (κ3) is 6.19. The maximum atomic E-state index is 14.7. The molecule has 0 unspecified atom stereocenters. The van der Waals surface area contributed by atoms with Gasteiger partial charge in [-0.25, -0.2) is 21.7 Å². The van der Waals surface area contributed by atoms with E-state index in [1.54, 1.807) is 22.8 Å². The van der Waals surface area contributed by atoms with Crippen LogP contribution in [0.25, 0.3) is 39.0 Å². The molecule has 9 nitrogen and oxygen atoms in total. The number of aromatic nitrogens is 5. The molecule has 0 spiro atoms. The molecule has 41 heavy (non-hydrogen) atoms. The number of morpholine rings is 1. The number of fused-ring (bicyclic) bond motifs is 1. The Kier molecular flexibility index (Phi) is 7.37. The van der Waals surface area contributed by atoms with Crippen LogP contribution in [0.2, 0.25) is 0 Å². The maximum absolute atomic E-state index is 14.7. The van der Waals surface area contributed by atoms with Crippen molar-refractivity contribution in [3.8, 4) is 33.5 Å². The lowest BCUT2D eigenvalue weighted by molar-refractivity contribution is 0.0360. The minimum absolute atomic E-state index is 0.0763. The van der Waals surface area contributed by atoms with Gasteiger partial charge in [0, 0.05) is 66.6 Å². The minimum Gasteiger partial charge on any atom is -0.379 e. The van der Waals surface area contributed by atoms with E-state index < -0.39 is 21.5 Å². The monoisotopic (exact) mass is 578 g/mol. The first-order valence-electron chi connectivity index (χ1n) is 13.2. The highest BCUT2D eigenvalue weighted by atomic mass is 32.2. The summed E-state index contributed by atoms with van der Waals surface area (Å²) in [6.45, 7) is 5.07. The second kappa shape index (κ2) is 11.1. The first-order chi connectivity index (χ1) is 19.7. The summed E-state index contributed by atoms with van der Waals surface area (Å²) in [7, 11) is -3.42. The molecular formula is C29H28F2N6O3S. The van der Waals surface area contributed by atoms with Gasteiger partial charge in [0.05, 0.1) is 54.8 Å². The second-order valence-electron chi connectivity index (χ2n) is 10.2. The smallest absolute Gasteiger partial charge is 0.153 e. The van der Waals surface area contributed by atoms with Crippen LogP contribution < -0.4 is 0 Å². The first-order valence-corrected chi connectivity index (χ1v) is 15.2. The number of hydrogen-bond donors (Lipinski definition) is 0. The predicted molar refractivity (Wildman–Crippen MR) is 151 cm³/mol. The number of benzene rings is 1. The van der Waals surface area contributed by atoms with Gasteiger partial charge in [-0.2, -0.15) is 10.2 Å². The Morgan fingerprint density at radius 2 is 1.71 bits per heavy atom. The molecule has 0 saturated carbocycles. The van der Waals surface area contributed by atoms with E-state index in [-0.39, 0.29) is 22.7 Å². The van der Waals surface area contributed by atoms with Crippen LogP contribution in [0.3, 0.4) is 0 Å². The fourth-order valence-corrected chi connectivity index (χ4v) is 5.69. The largest absolute Gasteiger partial charge is 0.379 e. The van der Waals surface area contributed by atoms with Crippen LogP contribution in [0.5, 0.6) is 0 Å². The molecule has 5 aromatic rings. The van der Waals surface area contributed by atoms with Crippen LogP contribution in [0.1, 0.15) is 5.69 Å². The van der Waals surface area contributed by atoms with Gasteiger partial charge in [-0.3, -0.25) is 14.6 Å². The standard InChI is InChI=1S/C29H28F2N6O3S/c1-41(38,39)19-24-12-21(13-28(34-24)25-4-3-23(30)14-27(25)31)26-16-33-37-18-20(2-5-29(26)37)22-15-32-36(17-22)7-6-35-8-10-40-11-9-35/h2-5,12-18H,6-11,19H2,1H3. The highest BCUT2D eigenvalue weighted by molar-refractivity contribution is 7.89. The predicted octanol–water partition coefficient (Wildman–Crippen LogP) is 4.08. The molecule has 0 amide bonds. The molecule has 0 radical (unpaired) electrons. The molecule has 1 aromatic carbocycles. The fraction of sp³-hybridized carbons (Fsp3) is 0.276. The van der Waals surface area contributed by atoms with Gasteiger partial charge in [-0.05, 0) is 35.9 Å². The van der Waals surface area contributed by atoms with Crippen molar-refractivity contribution in [1.82, 2.24) is 29.3 Å². The van der Waals surface area contributed by atoms with E-state index in [2.05, 4.69) is 20.1 Å². The van der Waals surface area contributed by atoms with Gasteiger partial charge >= 0.3 is 0 Å². The van der Waals surface area contributed by atoms with Gasteiger partial charge in [0.2, 0.25) is 0 Å². The third-order valence-corrected chi connectivity index (χ3v) is 7.86. The summed E-state index contributed by atoms with van der Waals surface area (Å²) in [5.41, 5.74) is 4.55. The van der Waals surface area contributed by atoms with Crippen molar-refractivity contribution in [2.45, 2.75) is 12.3 Å². The molecule has 0 bridgehead atoms. The lowest BCUT2D eigenvalue weighted by Crippen LogP contribution is -2.38. The van der Waals surface area contributed by atoms with E-state index in [0.717, 1.165) is 80.0 Å². The Labute approximate surface area is 235 Å². The van der Waals surface area contributed by atoms with E-state index in [1.165, 1.54) is 6.07 Å². The molecule has 6 rings (SSSR count). The number of ether oxygens (including phenoxy) is 1. The van der Waals surface area contributed by atoms with Gasteiger partial charge in [-0.1, -0.05) is 6.07 Å². The number of rotatable bonds is 8. The van der Waals surface area contributed by atoms with Crippen LogP contribution in [0, 0.1) is 11.6 Å². The Hall–Kier alpha value is -4.00. The van der Waals surface area contributed by atoms with Gasteiger partial charge < -0.3 is 4.74 Å². The SMILES string of the molecule is CS(=O)(=O)Cc1cc(-c2cnn3cc(-c4cnn(CCN5CCOCC5)c4)ccc23)cc(-c2ccc(F)cc2F)n1. The zero-order valence-corrected chi connectivity index (χ0v) is 23.2. The molecule has 0 aliphatic carbocycles. The number of hydrogen-bond acceptors (Lipinski definition) is 7. The summed E-state index contributed by atoms with van der Waals surface area (Å²) < 4.78 is 61.4. The molecule has 1 aliphatic heterocycles. The summed E-state index contributed by atoms with van der Waals surface area (Å²) in [6, 6.07) is 10.4. The molecule has 212 valence electrons. The van der Waals surface area contributed by atoms with Crippen LogP contribution in [-0.4, -0.2) is 76.8 Å². The van der Waals surface area contributed by atoms with Crippen molar-refractivity contribution in [2.24, 2.45) is 0 Å². The van der Waals surface area contributed by atoms with Crippen LogP contribution in [0.15, 0.2) is 67.3 Å². The Morgan fingerprint density at radius 3 is 2.49 bits per heavy atom. The average molecular weight is 579 g/mol. The first kappa shape index (κ1) is 27.2. The summed E-state index contributed by atoms with van der Waals surface area (Å²) in [4.78, 5) is 6.74. The van der Waals surface area contributed by atoms with Crippen molar-refractivity contribution >= 4 is 15.4 Å². The number of pyridine rings is 2. The zero-order chi connectivity index (χ0) is 28.6. The zero-order valence-electron chi connectivity index (χ0n) is 22.4. The normalized spacial score (nSPS) is 14.6. The highest BCUT2D eigenvalue weighted by Crippen LogP contribution is 2.32. The summed E-state index contributed by atoms with van der Waals surface area (Å²) in [5.74, 6) is -1.81. The Morgan fingerprint density at radius 1 is 0.878 bits per heavy atom. The van der Waals surface area contributed by atoms with E-state index in [9.17, 15) is 17.2 Å². The lowest BCUT2D eigenvalue weighted by atomic mass is 10.0. The summed E-state index contributed by atoms with van der Waals surface area (Å²) >= 11 is 0. The van der Waals surface area contributed by atoms with Crippen molar-refractivity contribution in [1.29, 1.82) is 0 Å². The number of halogens is 2. The van der Waals surface area contributed by atoms with Crippen LogP contribution in [0.4, 0.5) is 8.78 Å². The highest BCUT2D eigenvalue weighted by Gasteiger charge is 2.17. The molecule has 0 atom stereocenters. The van der Waals surface area contributed by atoms with E-state index in [4.69, 9.17) is 4.74 Å².